The van der Waals surface area contributed by atoms with Gasteiger partial charge in [-0.25, -0.2) is 0 Å². The molecule has 0 bridgehead atoms. The second-order valence-electron chi connectivity index (χ2n) is 4.44. The van der Waals surface area contributed by atoms with Crippen LogP contribution in [-0.4, -0.2) is 40.9 Å². The van der Waals surface area contributed by atoms with Gasteiger partial charge in [-0.2, -0.15) is 5.10 Å². The third-order valence-corrected chi connectivity index (χ3v) is 3.07. The van der Waals surface area contributed by atoms with Crippen molar-refractivity contribution < 1.29 is 0 Å². The average Bonchev–Trinajstić information content (AvgIpc) is 2.69. The molecule has 1 N–H and O–H groups in total. The number of likely N-dealkylation sites (N-methyl/N-ethyl adjacent to an activating group) is 1. The van der Waals surface area contributed by atoms with E-state index in [0.717, 1.165) is 19.6 Å². The fourth-order valence-corrected chi connectivity index (χ4v) is 1.58. The van der Waals surface area contributed by atoms with Crippen LogP contribution in [0.1, 0.15) is 25.8 Å². The Kier molecular flexibility index (Phi) is 8.21. The fraction of sp³-hybridized carbons (Fsp3) is 0.750. The SMILES string of the molecule is CCC(C)N(C)CCNCc1cnn(C)c1.Cl. The van der Waals surface area contributed by atoms with Crippen molar-refractivity contribution in [3.8, 4) is 0 Å². The summed E-state index contributed by atoms with van der Waals surface area (Å²) in [7, 11) is 4.13. The molecule has 0 saturated carbocycles. The highest BCUT2D eigenvalue weighted by Crippen LogP contribution is 1.99. The normalized spacial score (nSPS) is 12.5. The largest absolute Gasteiger partial charge is 0.311 e. The van der Waals surface area contributed by atoms with E-state index >= 15 is 0 Å². The zero-order chi connectivity index (χ0) is 12.0. The summed E-state index contributed by atoms with van der Waals surface area (Å²) in [5.41, 5.74) is 1.24. The summed E-state index contributed by atoms with van der Waals surface area (Å²) in [6.45, 7) is 7.51. The van der Waals surface area contributed by atoms with Gasteiger partial charge in [-0.05, 0) is 20.4 Å². The number of rotatable bonds is 7. The molecule has 1 aromatic heterocycles. The lowest BCUT2D eigenvalue weighted by Crippen LogP contribution is -2.34. The Hall–Kier alpha value is -0.580. The topological polar surface area (TPSA) is 33.1 Å². The zero-order valence-electron chi connectivity index (χ0n) is 11.3. The van der Waals surface area contributed by atoms with Crippen LogP contribution in [0.3, 0.4) is 0 Å². The summed E-state index contributed by atoms with van der Waals surface area (Å²) in [6, 6.07) is 0.667. The van der Waals surface area contributed by atoms with Gasteiger partial charge in [0.1, 0.15) is 0 Å². The van der Waals surface area contributed by atoms with Crippen LogP contribution < -0.4 is 5.32 Å². The molecule has 100 valence electrons. The second kappa shape index (κ2) is 8.50. The van der Waals surface area contributed by atoms with Gasteiger partial charge in [0.25, 0.3) is 0 Å². The van der Waals surface area contributed by atoms with Crippen LogP contribution in [-0.2, 0) is 13.6 Å². The van der Waals surface area contributed by atoms with Crippen LogP contribution in [0, 0.1) is 0 Å². The third kappa shape index (κ3) is 6.05. The molecule has 0 aromatic carbocycles. The van der Waals surface area contributed by atoms with Crippen LogP contribution in [0.2, 0.25) is 0 Å². The van der Waals surface area contributed by atoms with E-state index in [1.807, 2.05) is 24.1 Å². The molecule has 17 heavy (non-hydrogen) atoms. The van der Waals surface area contributed by atoms with E-state index in [1.165, 1.54) is 12.0 Å². The molecule has 1 heterocycles. The molecule has 1 rings (SSSR count). The van der Waals surface area contributed by atoms with Crippen molar-refractivity contribution in [2.45, 2.75) is 32.9 Å². The Morgan fingerprint density at radius 1 is 1.53 bits per heavy atom. The summed E-state index contributed by atoms with van der Waals surface area (Å²) >= 11 is 0. The summed E-state index contributed by atoms with van der Waals surface area (Å²) in [6.07, 6.45) is 5.16. The lowest BCUT2D eigenvalue weighted by molar-refractivity contribution is 0.251. The van der Waals surface area contributed by atoms with Crippen LogP contribution in [0.15, 0.2) is 12.4 Å². The van der Waals surface area contributed by atoms with Gasteiger partial charge in [0.15, 0.2) is 0 Å². The first kappa shape index (κ1) is 16.4. The van der Waals surface area contributed by atoms with Gasteiger partial charge in [-0.15, -0.1) is 12.4 Å². The van der Waals surface area contributed by atoms with Crippen molar-refractivity contribution in [3.63, 3.8) is 0 Å². The van der Waals surface area contributed by atoms with Gasteiger partial charge in [0, 0.05) is 44.5 Å². The van der Waals surface area contributed by atoms with Crippen molar-refractivity contribution in [2.75, 3.05) is 20.1 Å². The first-order valence-electron chi connectivity index (χ1n) is 6.02. The maximum absolute atomic E-state index is 4.14. The smallest absolute Gasteiger partial charge is 0.0534 e. The predicted molar refractivity (Wildman–Crippen MR) is 74.5 cm³/mol. The lowest BCUT2D eigenvalue weighted by Gasteiger charge is -2.23. The van der Waals surface area contributed by atoms with E-state index in [9.17, 15) is 0 Å². The van der Waals surface area contributed by atoms with Gasteiger partial charge < -0.3 is 10.2 Å². The Bertz CT molecular complexity index is 300. The highest BCUT2D eigenvalue weighted by atomic mass is 35.5. The average molecular weight is 261 g/mol. The summed E-state index contributed by atoms with van der Waals surface area (Å²) < 4.78 is 1.84. The molecule has 0 aliphatic carbocycles. The number of aromatic nitrogens is 2. The van der Waals surface area contributed by atoms with Gasteiger partial charge in [-0.3, -0.25) is 4.68 Å². The van der Waals surface area contributed by atoms with E-state index in [-0.39, 0.29) is 12.4 Å². The van der Waals surface area contributed by atoms with Crippen molar-refractivity contribution in [2.24, 2.45) is 7.05 Å². The Morgan fingerprint density at radius 2 is 2.24 bits per heavy atom. The molecular weight excluding hydrogens is 236 g/mol. The minimum absolute atomic E-state index is 0. The standard InChI is InChI=1S/C12H24N4.ClH/c1-5-11(2)15(3)7-6-13-8-12-9-14-16(4)10-12;/h9-11,13H,5-8H2,1-4H3;1H. The lowest BCUT2D eigenvalue weighted by atomic mass is 10.2. The maximum Gasteiger partial charge on any atom is 0.0534 e. The molecule has 0 fully saturated rings. The summed E-state index contributed by atoms with van der Waals surface area (Å²) in [5.74, 6) is 0. The van der Waals surface area contributed by atoms with Crippen LogP contribution in [0.5, 0.6) is 0 Å². The van der Waals surface area contributed by atoms with Gasteiger partial charge >= 0.3 is 0 Å². The van der Waals surface area contributed by atoms with Gasteiger partial charge in [0.2, 0.25) is 0 Å². The maximum atomic E-state index is 4.14. The number of aryl methyl sites for hydroxylation is 1. The Labute approximate surface area is 111 Å². The first-order chi connectivity index (χ1) is 7.63. The molecule has 0 aliphatic rings. The van der Waals surface area contributed by atoms with E-state index in [0.29, 0.717) is 6.04 Å². The molecule has 1 atom stereocenters. The molecule has 1 unspecified atom stereocenters. The van der Waals surface area contributed by atoms with Crippen molar-refractivity contribution >= 4 is 12.4 Å². The first-order valence-corrected chi connectivity index (χ1v) is 6.02. The number of nitrogens with zero attached hydrogens (tertiary/aromatic N) is 3. The summed E-state index contributed by atoms with van der Waals surface area (Å²) in [4.78, 5) is 2.39. The van der Waals surface area contributed by atoms with Crippen LogP contribution in [0.4, 0.5) is 0 Å². The van der Waals surface area contributed by atoms with E-state index in [1.54, 1.807) is 0 Å². The minimum Gasteiger partial charge on any atom is -0.311 e. The quantitative estimate of drug-likeness (QED) is 0.757. The van der Waals surface area contributed by atoms with E-state index < -0.39 is 0 Å². The molecule has 1 aromatic rings. The van der Waals surface area contributed by atoms with Crippen LogP contribution in [0.25, 0.3) is 0 Å². The van der Waals surface area contributed by atoms with Crippen molar-refractivity contribution in [1.82, 2.24) is 20.0 Å². The number of hydrogen-bond acceptors (Lipinski definition) is 3. The minimum atomic E-state index is 0. The fourth-order valence-electron chi connectivity index (χ4n) is 1.58. The van der Waals surface area contributed by atoms with Gasteiger partial charge in [0.05, 0.1) is 6.20 Å². The molecule has 0 saturated heterocycles. The monoisotopic (exact) mass is 260 g/mol. The van der Waals surface area contributed by atoms with Crippen molar-refractivity contribution in [3.05, 3.63) is 18.0 Å². The molecule has 5 heteroatoms. The zero-order valence-corrected chi connectivity index (χ0v) is 12.1. The van der Waals surface area contributed by atoms with Crippen LogP contribution >= 0.6 is 12.4 Å². The van der Waals surface area contributed by atoms with Gasteiger partial charge in [-0.1, -0.05) is 6.92 Å². The van der Waals surface area contributed by atoms with Crippen molar-refractivity contribution in [1.29, 1.82) is 0 Å². The molecule has 4 nitrogen and oxygen atoms in total. The third-order valence-electron chi connectivity index (χ3n) is 3.07. The molecule has 0 radical (unpaired) electrons. The molecule has 0 aliphatic heterocycles. The second-order valence-corrected chi connectivity index (χ2v) is 4.44. The molecule has 0 spiro atoms. The van der Waals surface area contributed by atoms with E-state index in [4.69, 9.17) is 0 Å². The number of nitrogens with one attached hydrogen (secondary N) is 1. The van der Waals surface area contributed by atoms with E-state index in [2.05, 4.69) is 36.2 Å². The predicted octanol–water partition coefficient (Wildman–Crippen LogP) is 1.66. The highest BCUT2D eigenvalue weighted by molar-refractivity contribution is 5.85. The Balaban J connectivity index is 0.00000256. The molecule has 0 amide bonds. The number of halogens is 1. The summed E-state index contributed by atoms with van der Waals surface area (Å²) in [5, 5.41) is 7.57. The number of hydrogen-bond donors (Lipinski definition) is 1. The molecular formula is C12H25ClN4. The Morgan fingerprint density at radius 3 is 2.76 bits per heavy atom. The highest BCUT2D eigenvalue weighted by Gasteiger charge is 2.05.